The summed E-state index contributed by atoms with van der Waals surface area (Å²) in [4.78, 5) is 0. The first-order valence-corrected chi connectivity index (χ1v) is 7.12. The predicted molar refractivity (Wildman–Crippen MR) is 85.6 cm³/mol. The van der Waals surface area contributed by atoms with Gasteiger partial charge in [0.1, 0.15) is 12.4 Å². The van der Waals surface area contributed by atoms with Gasteiger partial charge in [0.2, 0.25) is 5.82 Å². The first-order valence-electron chi connectivity index (χ1n) is 7.12. The van der Waals surface area contributed by atoms with Crippen molar-refractivity contribution < 1.29 is 18.3 Å². The minimum absolute atomic E-state index is 0.0256. The van der Waals surface area contributed by atoms with Crippen LogP contribution in [-0.2, 0) is 0 Å². The van der Waals surface area contributed by atoms with E-state index in [1.54, 1.807) is 24.3 Å². The predicted octanol–water partition coefficient (Wildman–Crippen LogP) is 4.33. The summed E-state index contributed by atoms with van der Waals surface area (Å²) in [6.07, 6.45) is 1.46. The lowest BCUT2D eigenvalue weighted by molar-refractivity contribution is 0.332. The van der Waals surface area contributed by atoms with E-state index < -0.39 is 11.6 Å². The molecule has 0 aliphatic carbocycles. The van der Waals surface area contributed by atoms with Gasteiger partial charge in [-0.25, -0.2) is 4.39 Å². The zero-order chi connectivity index (χ0) is 16.7. The molecule has 0 fully saturated rings. The Morgan fingerprint density at radius 2 is 1.74 bits per heavy atom. The minimum Gasteiger partial charge on any atom is -0.494 e. The maximum atomic E-state index is 14.0. The van der Waals surface area contributed by atoms with E-state index in [1.807, 2.05) is 6.92 Å². The quantitative estimate of drug-likeness (QED) is 0.604. The van der Waals surface area contributed by atoms with Gasteiger partial charge in [0, 0.05) is 5.56 Å². The first-order chi connectivity index (χ1) is 11.2. The number of halogens is 2. The van der Waals surface area contributed by atoms with Gasteiger partial charge in [0.25, 0.3) is 0 Å². The van der Waals surface area contributed by atoms with Crippen LogP contribution in [0.1, 0.15) is 18.1 Å². The molecule has 2 aromatic carbocycles. The lowest BCUT2D eigenvalue weighted by atomic mass is 10.1. The molecule has 0 unspecified atom stereocenters. The molecule has 0 aliphatic rings. The van der Waals surface area contributed by atoms with E-state index in [4.69, 9.17) is 9.47 Å². The fourth-order valence-electron chi connectivity index (χ4n) is 1.83. The van der Waals surface area contributed by atoms with Crippen LogP contribution in [0.2, 0.25) is 0 Å². The third-order valence-corrected chi connectivity index (χ3v) is 2.91. The molecule has 4 heteroatoms. The highest BCUT2D eigenvalue weighted by Crippen LogP contribution is 2.22. The topological polar surface area (TPSA) is 18.5 Å². The molecule has 0 N–H and O–H groups in total. The van der Waals surface area contributed by atoms with Gasteiger partial charge in [-0.05, 0) is 43.3 Å². The summed E-state index contributed by atoms with van der Waals surface area (Å²) in [5, 5.41) is 0. The molecule has 2 nitrogen and oxygen atoms in total. The highest BCUT2D eigenvalue weighted by atomic mass is 19.2. The Kier molecular flexibility index (Phi) is 5.76. The molecule has 23 heavy (non-hydrogen) atoms. The van der Waals surface area contributed by atoms with Crippen molar-refractivity contribution in [2.24, 2.45) is 0 Å². The number of hydrogen-bond acceptors (Lipinski definition) is 2. The average molecular weight is 314 g/mol. The minimum atomic E-state index is -1.05. The highest BCUT2D eigenvalue weighted by molar-refractivity contribution is 5.46. The lowest BCUT2D eigenvalue weighted by Crippen LogP contribution is -1.99. The average Bonchev–Trinajstić information content (AvgIpc) is 2.57. The monoisotopic (exact) mass is 314 g/mol. The van der Waals surface area contributed by atoms with Crippen molar-refractivity contribution in [3.63, 3.8) is 0 Å². The van der Waals surface area contributed by atoms with Crippen LogP contribution in [0, 0.1) is 23.5 Å². The summed E-state index contributed by atoms with van der Waals surface area (Å²) in [5.41, 5.74) is 0.655. The molecular weight excluding hydrogens is 298 g/mol. The first kappa shape index (κ1) is 16.6. The number of hydrogen-bond donors (Lipinski definition) is 0. The van der Waals surface area contributed by atoms with Crippen molar-refractivity contribution in [2.75, 3.05) is 13.2 Å². The van der Waals surface area contributed by atoms with Crippen LogP contribution < -0.4 is 9.47 Å². The fraction of sp³-hybridized carbons (Fsp3) is 0.158. The summed E-state index contributed by atoms with van der Waals surface area (Å²) in [6.45, 7) is 6.03. The summed E-state index contributed by atoms with van der Waals surface area (Å²) in [6, 6.07) is 9.80. The van der Waals surface area contributed by atoms with E-state index in [0.717, 1.165) is 5.75 Å². The molecule has 0 spiro atoms. The third-order valence-electron chi connectivity index (χ3n) is 2.91. The Bertz CT molecular complexity index is 740. The molecule has 0 aliphatic heterocycles. The van der Waals surface area contributed by atoms with E-state index in [1.165, 1.54) is 18.2 Å². The van der Waals surface area contributed by atoms with E-state index in [0.29, 0.717) is 12.2 Å². The van der Waals surface area contributed by atoms with Gasteiger partial charge in [0.15, 0.2) is 11.6 Å². The Balaban J connectivity index is 2.20. The zero-order valence-corrected chi connectivity index (χ0v) is 12.7. The second kappa shape index (κ2) is 8.00. The fourth-order valence-corrected chi connectivity index (χ4v) is 1.83. The SMILES string of the molecule is C=CCOc1ccc(C#Cc2ccc(OCC)cc2)c(F)c1F. The van der Waals surface area contributed by atoms with Crippen LogP contribution in [0.15, 0.2) is 49.1 Å². The van der Waals surface area contributed by atoms with E-state index in [2.05, 4.69) is 18.4 Å². The number of ether oxygens (including phenoxy) is 2. The van der Waals surface area contributed by atoms with Crippen LogP contribution in [-0.4, -0.2) is 13.2 Å². The van der Waals surface area contributed by atoms with Crippen molar-refractivity contribution in [1.82, 2.24) is 0 Å². The van der Waals surface area contributed by atoms with E-state index >= 15 is 0 Å². The summed E-state index contributed by atoms with van der Waals surface area (Å²) < 4.78 is 38.1. The zero-order valence-electron chi connectivity index (χ0n) is 12.7. The molecule has 2 rings (SSSR count). The Morgan fingerprint density at radius 3 is 2.39 bits per heavy atom. The summed E-state index contributed by atoms with van der Waals surface area (Å²) in [7, 11) is 0. The van der Waals surface area contributed by atoms with Crippen LogP contribution >= 0.6 is 0 Å². The molecular formula is C19H16F2O2. The normalized spacial score (nSPS) is 9.70. The molecule has 2 aromatic rings. The number of benzene rings is 2. The van der Waals surface area contributed by atoms with Gasteiger partial charge < -0.3 is 9.47 Å². The van der Waals surface area contributed by atoms with Crippen molar-refractivity contribution in [3.8, 4) is 23.3 Å². The Labute approximate surface area is 134 Å². The van der Waals surface area contributed by atoms with Crippen molar-refractivity contribution >= 4 is 0 Å². The van der Waals surface area contributed by atoms with Crippen molar-refractivity contribution in [3.05, 3.63) is 71.8 Å². The Morgan fingerprint density at radius 1 is 1.00 bits per heavy atom. The standard InChI is InChI=1S/C19H16F2O2/c1-3-13-23-17-12-9-15(18(20)19(17)21)8-5-14-6-10-16(11-7-14)22-4-2/h3,6-7,9-12H,1,4,13H2,2H3. The summed E-state index contributed by atoms with van der Waals surface area (Å²) >= 11 is 0. The van der Waals surface area contributed by atoms with Crippen LogP contribution in [0.3, 0.4) is 0 Å². The van der Waals surface area contributed by atoms with Crippen LogP contribution in [0.25, 0.3) is 0 Å². The van der Waals surface area contributed by atoms with Gasteiger partial charge >= 0.3 is 0 Å². The van der Waals surface area contributed by atoms with Gasteiger partial charge in [-0.15, -0.1) is 0 Å². The van der Waals surface area contributed by atoms with Gasteiger partial charge in [-0.2, -0.15) is 4.39 Å². The maximum Gasteiger partial charge on any atom is 0.201 e. The molecule has 0 bridgehead atoms. The number of rotatable bonds is 5. The molecule has 118 valence electrons. The maximum absolute atomic E-state index is 14.0. The van der Waals surface area contributed by atoms with Crippen LogP contribution in [0.4, 0.5) is 8.78 Å². The van der Waals surface area contributed by atoms with Crippen LogP contribution in [0.5, 0.6) is 11.5 Å². The second-order valence-electron chi connectivity index (χ2n) is 4.55. The summed E-state index contributed by atoms with van der Waals surface area (Å²) in [5.74, 6) is 3.92. The largest absolute Gasteiger partial charge is 0.494 e. The van der Waals surface area contributed by atoms with E-state index in [9.17, 15) is 8.78 Å². The third kappa shape index (κ3) is 4.33. The van der Waals surface area contributed by atoms with Crippen molar-refractivity contribution in [1.29, 1.82) is 0 Å². The smallest absolute Gasteiger partial charge is 0.201 e. The molecule has 0 atom stereocenters. The lowest BCUT2D eigenvalue weighted by Gasteiger charge is -2.06. The second-order valence-corrected chi connectivity index (χ2v) is 4.55. The molecule has 0 radical (unpaired) electrons. The van der Waals surface area contributed by atoms with Gasteiger partial charge in [-0.3, -0.25) is 0 Å². The highest BCUT2D eigenvalue weighted by Gasteiger charge is 2.12. The molecule has 0 heterocycles. The van der Waals surface area contributed by atoms with E-state index in [-0.39, 0.29) is 17.9 Å². The molecule has 0 amide bonds. The van der Waals surface area contributed by atoms with Gasteiger partial charge in [-0.1, -0.05) is 24.5 Å². The molecule has 0 aromatic heterocycles. The molecule has 0 saturated heterocycles. The Hall–Kier alpha value is -2.80. The molecule has 0 saturated carbocycles. The van der Waals surface area contributed by atoms with Crippen molar-refractivity contribution in [2.45, 2.75) is 6.92 Å². The van der Waals surface area contributed by atoms with Gasteiger partial charge in [0.05, 0.1) is 12.2 Å².